The lowest BCUT2D eigenvalue weighted by molar-refractivity contribution is 0.809. The molecule has 6 heteroatoms. The molecule has 0 atom stereocenters. The van der Waals surface area contributed by atoms with Gasteiger partial charge in [-0.1, -0.05) is 25.4 Å². The third-order valence-corrected chi connectivity index (χ3v) is 5.13. The van der Waals surface area contributed by atoms with Crippen LogP contribution in [-0.2, 0) is 0 Å². The number of halogens is 3. The Morgan fingerprint density at radius 2 is 2.00 bits per heavy atom. The Morgan fingerprint density at radius 1 is 1.30 bits per heavy atom. The summed E-state index contributed by atoms with van der Waals surface area (Å²) in [4.78, 5) is 9.26. The van der Waals surface area contributed by atoms with Crippen molar-refractivity contribution in [2.75, 3.05) is 12.4 Å². The summed E-state index contributed by atoms with van der Waals surface area (Å²) in [6.07, 6.45) is 0. The van der Waals surface area contributed by atoms with Crippen LogP contribution in [0.5, 0.6) is 0 Å². The van der Waals surface area contributed by atoms with E-state index in [1.54, 1.807) is 0 Å². The molecular formula is C14H14BrClIN3. The molecule has 1 heterocycles. The summed E-state index contributed by atoms with van der Waals surface area (Å²) in [5.74, 6) is 1.87. The maximum atomic E-state index is 6.15. The van der Waals surface area contributed by atoms with Gasteiger partial charge in [-0.2, -0.15) is 0 Å². The highest BCUT2D eigenvalue weighted by Gasteiger charge is 2.15. The number of hydrogen-bond acceptors (Lipinski definition) is 3. The predicted molar refractivity (Wildman–Crippen MR) is 96.5 cm³/mol. The van der Waals surface area contributed by atoms with Gasteiger partial charge >= 0.3 is 0 Å². The minimum atomic E-state index is 0.335. The zero-order valence-corrected chi connectivity index (χ0v) is 15.8. The maximum Gasteiger partial charge on any atom is 0.161 e. The first-order valence-electron chi connectivity index (χ1n) is 6.14. The van der Waals surface area contributed by atoms with Gasteiger partial charge in [0.15, 0.2) is 5.82 Å². The lowest BCUT2D eigenvalue weighted by Gasteiger charge is -2.13. The average molecular weight is 467 g/mol. The van der Waals surface area contributed by atoms with Crippen LogP contribution in [-0.4, -0.2) is 17.0 Å². The molecule has 0 radical (unpaired) electrons. The number of aromatic nitrogens is 2. The van der Waals surface area contributed by atoms with Crippen molar-refractivity contribution >= 4 is 55.9 Å². The van der Waals surface area contributed by atoms with Crippen molar-refractivity contribution in [3.05, 3.63) is 37.0 Å². The van der Waals surface area contributed by atoms with E-state index in [2.05, 4.69) is 67.7 Å². The van der Waals surface area contributed by atoms with Crippen LogP contribution < -0.4 is 5.32 Å². The van der Waals surface area contributed by atoms with E-state index in [1.165, 1.54) is 0 Å². The lowest BCUT2D eigenvalue weighted by Crippen LogP contribution is -2.06. The molecule has 0 bridgehead atoms. The Balaban J connectivity index is 2.61. The molecule has 1 N–H and O–H groups in total. The van der Waals surface area contributed by atoms with E-state index < -0.39 is 0 Å². The van der Waals surface area contributed by atoms with Gasteiger partial charge in [-0.3, -0.25) is 0 Å². The molecule has 2 aromatic rings. The molecule has 0 fully saturated rings. The highest BCUT2D eigenvalue weighted by molar-refractivity contribution is 14.1. The summed E-state index contributed by atoms with van der Waals surface area (Å²) in [7, 11) is 1.87. The molecule has 0 amide bonds. The highest BCUT2D eigenvalue weighted by Crippen LogP contribution is 2.31. The van der Waals surface area contributed by atoms with Gasteiger partial charge in [0, 0.05) is 17.1 Å². The predicted octanol–water partition coefficient (Wildman–Crippen LogP) is 5.33. The molecule has 0 spiro atoms. The Morgan fingerprint density at radius 3 is 2.55 bits per heavy atom. The van der Waals surface area contributed by atoms with Crippen LogP contribution in [0.3, 0.4) is 0 Å². The molecule has 0 aliphatic carbocycles. The number of rotatable bonds is 3. The second-order valence-corrected chi connectivity index (χ2v) is 6.97. The normalized spacial score (nSPS) is 10.9. The van der Waals surface area contributed by atoms with E-state index in [4.69, 9.17) is 11.6 Å². The van der Waals surface area contributed by atoms with Crippen molar-refractivity contribution in [2.24, 2.45) is 0 Å². The summed E-state index contributed by atoms with van der Waals surface area (Å²) in [5.41, 5.74) is 1.95. The highest BCUT2D eigenvalue weighted by atomic mass is 127. The van der Waals surface area contributed by atoms with E-state index in [1.807, 2.05) is 25.2 Å². The first-order valence-corrected chi connectivity index (χ1v) is 8.39. The lowest BCUT2D eigenvalue weighted by atomic mass is 10.1. The van der Waals surface area contributed by atoms with Gasteiger partial charge in [-0.15, -0.1) is 0 Å². The molecule has 0 aliphatic rings. The number of nitrogens with zero attached hydrogens (tertiary/aromatic N) is 2. The van der Waals surface area contributed by atoms with E-state index >= 15 is 0 Å². The fraction of sp³-hybridized carbons (Fsp3) is 0.286. The molecule has 0 saturated carbocycles. The minimum absolute atomic E-state index is 0.335. The largest absolute Gasteiger partial charge is 0.372 e. The summed E-state index contributed by atoms with van der Waals surface area (Å²) in [6, 6.07) is 5.74. The molecular weight excluding hydrogens is 452 g/mol. The monoisotopic (exact) mass is 465 g/mol. The fourth-order valence-corrected chi connectivity index (χ4v) is 3.34. The molecule has 0 aliphatic heterocycles. The van der Waals surface area contributed by atoms with E-state index in [0.29, 0.717) is 16.8 Å². The molecule has 1 aromatic heterocycles. The molecule has 3 nitrogen and oxygen atoms in total. The fourth-order valence-electron chi connectivity index (χ4n) is 1.78. The van der Waals surface area contributed by atoms with Crippen molar-refractivity contribution in [3.8, 4) is 11.4 Å². The SMILES string of the molecule is CNc1nc(-c2ccc(Br)c(Cl)c2)nc(C(C)C)c1I. The van der Waals surface area contributed by atoms with E-state index in [-0.39, 0.29) is 0 Å². The second-order valence-electron chi connectivity index (χ2n) is 4.63. The second kappa shape index (κ2) is 6.58. The van der Waals surface area contributed by atoms with E-state index in [0.717, 1.165) is 25.1 Å². The maximum absolute atomic E-state index is 6.15. The van der Waals surface area contributed by atoms with Crippen LogP contribution in [0.1, 0.15) is 25.5 Å². The first-order chi connectivity index (χ1) is 9.43. The third kappa shape index (κ3) is 3.26. The van der Waals surface area contributed by atoms with Crippen LogP contribution in [0.15, 0.2) is 22.7 Å². The van der Waals surface area contributed by atoms with Crippen LogP contribution >= 0.6 is 50.1 Å². The smallest absolute Gasteiger partial charge is 0.161 e. The summed E-state index contributed by atoms with van der Waals surface area (Å²) in [6.45, 7) is 4.25. The molecule has 2 rings (SSSR count). The summed E-state index contributed by atoms with van der Waals surface area (Å²) < 4.78 is 1.93. The molecule has 0 unspecified atom stereocenters. The van der Waals surface area contributed by atoms with Crippen molar-refractivity contribution in [2.45, 2.75) is 19.8 Å². The van der Waals surface area contributed by atoms with E-state index in [9.17, 15) is 0 Å². The minimum Gasteiger partial charge on any atom is -0.372 e. The zero-order valence-electron chi connectivity index (χ0n) is 11.3. The van der Waals surface area contributed by atoms with Gasteiger partial charge in [-0.25, -0.2) is 9.97 Å². The van der Waals surface area contributed by atoms with Gasteiger partial charge in [0.1, 0.15) is 5.82 Å². The summed E-state index contributed by atoms with van der Waals surface area (Å²) >= 11 is 11.8. The number of hydrogen-bond donors (Lipinski definition) is 1. The zero-order chi connectivity index (χ0) is 14.9. The summed E-state index contributed by atoms with van der Waals surface area (Å²) in [5, 5.41) is 3.78. The Bertz CT molecular complexity index is 647. The Labute approximate surface area is 145 Å². The van der Waals surface area contributed by atoms with Crippen molar-refractivity contribution in [1.82, 2.24) is 9.97 Å². The average Bonchev–Trinajstić information content (AvgIpc) is 2.42. The molecule has 20 heavy (non-hydrogen) atoms. The Hall–Kier alpha value is -0.400. The number of benzene rings is 1. The molecule has 0 saturated heterocycles. The van der Waals surface area contributed by atoms with Gasteiger partial charge in [0.2, 0.25) is 0 Å². The van der Waals surface area contributed by atoms with Crippen LogP contribution in [0.2, 0.25) is 5.02 Å². The number of nitrogens with one attached hydrogen (secondary N) is 1. The first kappa shape index (κ1) is 16.0. The van der Waals surface area contributed by atoms with Crippen molar-refractivity contribution in [1.29, 1.82) is 0 Å². The standard InChI is InChI=1S/C14H14BrClIN3/c1-7(2)12-11(17)14(18-3)20-13(19-12)8-4-5-9(15)10(16)6-8/h4-7H,1-3H3,(H,18,19,20). The van der Waals surface area contributed by atoms with Gasteiger partial charge < -0.3 is 5.32 Å². The van der Waals surface area contributed by atoms with Gasteiger partial charge in [-0.05, 0) is 62.6 Å². The van der Waals surface area contributed by atoms with Crippen molar-refractivity contribution in [3.63, 3.8) is 0 Å². The van der Waals surface area contributed by atoms with Crippen LogP contribution in [0, 0.1) is 3.57 Å². The third-order valence-electron chi connectivity index (χ3n) is 2.84. The van der Waals surface area contributed by atoms with Crippen molar-refractivity contribution < 1.29 is 0 Å². The number of anilines is 1. The quantitative estimate of drug-likeness (QED) is 0.622. The van der Waals surface area contributed by atoms with Gasteiger partial charge in [0.25, 0.3) is 0 Å². The van der Waals surface area contributed by atoms with Crippen LogP contribution in [0.25, 0.3) is 11.4 Å². The van der Waals surface area contributed by atoms with Gasteiger partial charge in [0.05, 0.1) is 14.3 Å². The Kier molecular flexibility index (Phi) is 5.25. The molecule has 1 aromatic carbocycles. The topological polar surface area (TPSA) is 37.8 Å². The molecule has 106 valence electrons. The van der Waals surface area contributed by atoms with Crippen LogP contribution in [0.4, 0.5) is 5.82 Å².